The molecular formula is C29H30N4O3. The van der Waals surface area contributed by atoms with Crippen LogP contribution in [0.3, 0.4) is 0 Å². The molecule has 3 N–H and O–H groups in total. The number of methoxy groups -OCH3 is 1. The fourth-order valence-corrected chi connectivity index (χ4v) is 3.85. The maximum atomic E-state index is 14.0. The largest absolute Gasteiger partial charge is 0.399 e. The van der Waals surface area contributed by atoms with Crippen LogP contribution in [0.5, 0.6) is 0 Å². The third-order valence-electron chi connectivity index (χ3n) is 5.79. The van der Waals surface area contributed by atoms with Crippen molar-refractivity contribution in [1.29, 1.82) is 0 Å². The van der Waals surface area contributed by atoms with Crippen LogP contribution in [0.4, 0.5) is 0 Å². The van der Waals surface area contributed by atoms with Crippen molar-refractivity contribution >= 4 is 23.4 Å². The molecule has 0 aliphatic carbocycles. The summed E-state index contributed by atoms with van der Waals surface area (Å²) >= 11 is 0. The average molecular weight is 483 g/mol. The van der Waals surface area contributed by atoms with Crippen LogP contribution in [0.2, 0.25) is 0 Å². The van der Waals surface area contributed by atoms with Gasteiger partial charge in [0.05, 0.1) is 22.7 Å². The number of hydrogen-bond donors (Lipinski definition) is 2. The molecule has 0 saturated heterocycles. The molecule has 0 fully saturated rings. The molecule has 0 saturated carbocycles. The number of fused-ring (bicyclic) bond motifs is 1. The first-order valence-corrected chi connectivity index (χ1v) is 11.4. The summed E-state index contributed by atoms with van der Waals surface area (Å²) in [6, 6.07) is 16.1. The molecule has 0 aliphatic heterocycles. The molecule has 2 aromatic carbocycles. The summed E-state index contributed by atoms with van der Waals surface area (Å²) in [6.07, 6.45) is -0.279. The Balaban J connectivity index is 2.24. The normalized spacial score (nSPS) is 13.1. The van der Waals surface area contributed by atoms with E-state index in [2.05, 4.69) is 35.4 Å². The first kappa shape index (κ1) is 26.2. The van der Waals surface area contributed by atoms with E-state index in [0.717, 1.165) is 0 Å². The van der Waals surface area contributed by atoms with Gasteiger partial charge in [0, 0.05) is 29.8 Å². The van der Waals surface area contributed by atoms with Gasteiger partial charge in [-0.15, -0.1) is 0 Å². The molecule has 1 heterocycles. The number of rotatable bonds is 7. The molecule has 36 heavy (non-hydrogen) atoms. The lowest BCUT2D eigenvalue weighted by molar-refractivity contribution is -0.118. The molecule has 1 amide bonds. The molecule has 0 aliphatic rings. The number of nitrogens with zero attached hydrogens (tertiary/aromatic N) is 2. The molecule has 1 aromatic heterocycles. The first-order valence-electron chi connectivity index (χ1n) is 11.4. The predicted octanol–water partition coefficient (Wildman–Crippen LogP) is 4.00. The van der Waals surface area contributed by atoms with E-state index >= 15 is 0 Å². The first-order chi connectivity index (χ1) is 17.2. The summed E-state index contributed by atoms with van der Waals surface area (Å²) in [5.41, 5.74) is 8.05. The number of carbonyl (C=O) groups is 1. The second-order valence-electron chi connectivity index (χ2n) is 8.30. The van der Waals surface area contributed by atoms with Crippen LogP contribution >= 0.6 is 0 Å². The Morgan fingerprint density at radius 1 is 1.17 bits per heavy atom. The van der Waals surface area contributed by atoms with Crippen LogP contribution < -0.4 is 16.6 Å². The van der Waals surface area contributed by atoms with Crippen molar-refractivity contribution in [2.24, 2.45) is 10.7 Å². The van der Waals surface area contributed by atoms with E-state index in [1.807, 2.05) is 61.5 Å². The monoisotopic (exact) mass is 482 g/mol. The Morgan fingerprint density at radius 2 is 1.86 bits per heavy atom. The van der Waals surface area contributed by atoms with Crippen LogP contribution in [0.1, 0.15) is 38.1 Å². The van der Waals surface area contributed by atoms with E-state index < -0.39 is 11.9 Å². The van der Waals surface area contributed by atoms with Gasteiger partial charge >= 0.3 is 0 Å². The molecule has 3 aromatic rings. The molecule has 0 bridgehead atoms. The molecule has 0 radical (unpaired) electrons. The zero-order valence-electron chi connectivity index (χ0n) is 21.0. The summed E-state index contributed by atoms with van der Waals surface area (Å²) in [7, 11) is 1.58. The van der Waals surface area contributed by atoms with Crippen LogP contribution in [-0.4, -0.2) is 30.4 Å². The predicted molar refractivity (Wildman–Crippen MR) is 145 cm³/mol. The number of ether oxygens (including phenoxy) is 1. The van der Waals surface area contributed by atoms with Gasteiger partial charge in [-0.05, 0) is 57.1 Å². The molecule has 184 valence electrons. The number of benzene rings is 2. The van der Waals surface area contributed by atoms with Gasteiger partial charge in [0.2, 0.25) is 0 Å². The van der Waals surface area contributed by atoms with Gasteiger partial charge in [0.1, 0.15) is 6.10 Å². The Kier molecular flexibility index (Phi) is 8.26. The number of allylic oxidation sites excluding steroid dienone is 1. The Labute approximate surface area is 211 Å². The molecule has 1 unspecified atom stereocenters. The minimum absolute atomic E-state index is 0.0806. The second kappa shape index (κ2) is 11.3. The highest BCUT2D eigenvalue weighted by Crippen LogP contribution is 2.24. The van der Waals surface area contributed by atoms with Crippen molar-refractivity contribution in [3.63, 3.8) is 0 Å². The van der Waals surface area contributed by atoms with E-state index in [-0.39, 0.29) is 22.9 Å². The average Bonchev–Trinajstić information content (AvgIpc) is 2.86. The van der Waals surface area contributed by atoms with Gasteiger partial charge in [-0.2, -0.15) is 0 Å². The maximum absolute atomic E-state index is 14.0. The summed E-state index contributed by atoms with van der Waals surface area (Å²) < 4.78 is 6.82. The lowest BCUT2D eigenvalue weighted by atomic mass is 10.0. The summed E-state index contributed by atoms with van der Waals surface area (Å²) in [6.45, 7) is 12.4. The quantitative estimate of drug-likeness (QED) is 0.230. The Bertz CT molecular complexity index is 1470. The van der Waals surface area contributed by atoms with Crippen molar-refractivity contribution in [1.82, 2.24) is 9.88 Å². The van der Waals surface area contributed by atoms with E-state index in [9.17, 15) is 9.59 Å². The Hall–Kier alpha value is -4.41. The standard InChI is InChI=1S/C29H30N4O3/c1-18(36-6)15-16-22-11-10-12-23-17-25(20(3)32-28(34)26(19(2)30)21(4)31-5)33(29(35)27(22)23)24-13-8-7-9-14-24/h7-14,17-18,20H,2,5,30H2,1,3-4,6H3,(H,32,34)/b26-21-/t18?,20-/m0/s1. The minimum atomic E-state index is -0.565. The number of carbonyl (C=O) groups excluding carboxylic acids is 1. The zero-order chi connectivity index (χ0) is 26.4. The number of aliphatic imine (C=N–C) groups is 1. The summed E-state index contributed by atoms with van der Waals surface area (Å²) in [4.78, 5) is 30.9. The topological polar surface area (TPSA) is 98.7 Å². The van der Waals surface area contributed by atoms with E-state index in [4.69, 9.17) is 10.5 Å². The van der Waals surface area contributed by atoms with Gasteiger partial charge in [-0.3, -0.25) is 19.1 Å². The number of nitrogens with one attached hydrogen (secondary N) is 1. The van der Waals surface area contributed by atoms with Crippen LogP contribution in [-0.2, 0) is 9.53 Å². The number of amides is 1. The van der Waals surface area contributed by atoms with E-state index in [0.29, 0.717) is 33.4 Å². The molecule has 2 atom stereocenters. The summed E-state index contributed by atoms with van der Waals surface area (Å²) in [5, 5.41) is 4.13. The van der Waals surface area contributed by atoms with Crippen molar-refractivity contribution in [2.45, 2.75) is 32.9 Å². The number of nitrogens with two attached hydrogens (primary N) is 1. The molecule has 7 nitrogen and oxygen atoms in total. The van der Waals surface area contributed by atoms with Crippen molar-refractivity contribution < 1.29 is 9.53 Å². The second-order valence-corrected chi connectivity index (χ2v) is 8.30. The van der Waals surface area contributed by atoms with E-state index in [1.54, 1.807) is 25.5 Å². The zero-order valence-corrected chi connectivity index (χ0v) is 21.0. The van der Waals surface area contributed by atoms with Gasteiger partial charge in [-0.1, -0.05) is 48.8 Å². The molecule has 0 spiro atoms. The number of para-hydroxylation sites is 1. The minimum Gasteiger partial charge on any atom is -0.399 e. The lowest BCUT2D eigenvalue weighted by Crippen LogP contribution is -2.34. The molecular weight excluding hydrogens is 452 g/mol. The Morgan fingerprint density at radius 3 is 2.47 bits per heavy atom. The van der Waals surface area contributed by atoms with Gasteiger partial charge in [0.15, 0.2) is 0 Å². The van der Waals surface area contributed by atoms with Gasteiger partial charge in [0.25, 0.3) is 11.5 Å². The van der Waals surface area contributed by atoms with Crippen molar-refractivity contribution in [3.8, 4) is 17.5 Å². The maximum Gasteiger partial charge on any atom is 0.264 e. The highest BCUT2D eigenvalue weighted by molar-refractivity contribution is 5.98. The van der Waals surface area contributed by atoms with Crippen molar-refractivity contribution in [3.05, 3.63) is 99.8 Å². The SMILES string of the molecule is C=N/C(C)=C(/C(=C)N)C(=O)N[C@@H](C)c1cc2cccc(C#CC(C)OC)c2c(=O)n1-c1ccccc1. The van der Waals surface area contributed by atoms with Gasteiger partial charge < -0.3 is 15.8 Å². The number of aromatic nitrogens is 1. The lowest BCUT2D eigenvalue weighted by Gasteiger charge is -2.22. The number of pyridine rings is 1. The summed E-state index contributed by atoms with van der Waals surface area (Å²) in [5.74, 6) is 5.64. The highest BCUT2D eigenvalue weighted by atomic mass is 16.5. The fourth-order valence-electron chi connectivity index (χ4n) is 3.85. The third-order valence-corrected chi connectivity index (χ3v) is 5.79. The highest BCUT2D eigenvalue weighted by Gasteiger charge is 2.22. The van der Waals surface area contributed by atoms with E-state index in [1.165, 1.54) is 0 Å². The number of hydrogen-bond acceptors (Lipinski definition) is 5. The fraction of sp³-hybridized carbons (Fsp3) is 0.207. The molecule has 7 heteroatoms. The third kappa shape index (κ3) is 5.45. The van der Waals surface area contributed by atoms with Crippen LogP contribution in [0.25, 0.3) is 16.5 Å². The van der Waals surface area contributed by atoms with Crippen molar-refractivity contribution in [2.75, 3.05) is 7.11 Å². The van der Waals surface area contributed by atoms with Crippen LogP contribution in [0.15, 0.2) is 87.9 Å². The smallest absolute Gasteiger partial charge is 0.264 e. The van der Waals surface area contributed by atoms with Gasteiger partial charge in [-0.25, -0.2) is 0 Å². The molecule has 3 rings (SSSR count). The van der Waals surface area contributed by atoms with Crippen LogP contribution in [0, 0.1) is 11.8 Å².